The van der Waals surface area contributed by atoms with Crippen LogP contribution in [0.4, 0.5) is 4.79 Å². The van der Waals surface area contributed by atoms with E-state index in [1.165, 1.54) is 0 Å². The fraction of sp³-hybridized carbons (Fsp3) is 0.800. The maximum atomic E-state index is 10.4. The molecule has 3 nitrogen and oxygen atoms in total. The van der Waals surface area contributed by atoms with Gasteiger partial charge in [-0.1, -0.05) is 22.6 Å². The Morgan fingerprint density at radius 3 is 3.00 bits per heavy atom. The highest BCUT2D eigenvalue weighted by Gasteiger charge is 2.19. The molecule has 0 aromatic rings. The van der Waals surface area contributed by atoms with E-state index in [1.807, 2.05) is 0 Å². The fourth-order valence-corrected chi connectivity index (χ4v) is 1.23. The van der Waals surface area contributed by atoms with Gasteiger partial charge in [-0.3, -0.25) is 0 Å². The molecule has 0 amide bonds. The molecule has 4 heteroatoms. The van der Waals surface area contributed by atoms with Gasteiger partial charge in [0.1, 0.15) is 6.10 Å². The molecule has 1 heterocycles. The number of hydrogen-bond acceptors (Lipinski definition) is 3. The van der Waals surface area contributed by atoms with Gasteiger partial charge < -0.3 is 9.47 Å². The number of carbonyl (C=O) groups excluding carboxylic acids is 1. The van der Waals surface area contributed by atoms with E-state index in [4.69, 9.17) is 4.74 Å². The van der Waals surface area contributed by atoms with Crippen molar-refractivity contribution in [2.75, 3.05) is 11.0 Å². The van der Waals surface area contributed by atoms with Crippen molar-refractivity contribution < 1.29 is 14.3 Å². The number of hydrogen-bond donors (Lipinski definition) is 0. The predicted molar refractivity (Wildman–Crippen MR) is 39.7 cm³/mol. The van der Waals surface area contributed by atoms with Crippen molar-refractivity contribution in [3.05, 3.63) is 0 Å². The van der Waals surface area contributed by atoms with Gasteiger partial charge in [-0.15, -0.1) is 0 Å². The zero-order chi connectivity index (χ0) is 6.69. The molecular formula is C5H7IO3. The van der Waals surface area contributed by atoms with E-state index < -0.39 is 6.16 Å². The highest BCUT2D eigenvalue weighted by molar-refractivity contribution is 14.1. The lowest BCUT2D eigenvalue weighted by Crippen LogP contribution is -2.28. The summed E-state index contributed by atoms with van der Waals surface area (Å²) in [6.07, 6.45) is 0.379. The summed E-state index contributed by atoms with van der Waals surface area (Å²) >= 11 is 2.18. The molecular weight excluding hydrogens is 235 g/mol. The predicted octanol–water partition coefficient (Wildman–Crippen LogP) is 1.35. The minimum atomic E-state index is -0.525. The van der Waals surface area contributed by atoms with Crippen LogP contribution in [-0.4, -0.2) is 23.3 Å². The lowest BCUT2D eigenvalue weighted by Gasteiger charge is -2.19. The van der Waals surface area contributed by atoms with Gasteiger partial charge in [-0.05, 0) is 0 Å². The highest BCUT2D eigenvalue weighted by Crippen LogP contribution is 2.09. The van der Waals surface area contributed by atoms with Crippen LogP contribution in [0.25, 0.3) is 0 Å². The number of cyclic esters (lactones) is 2. The average molecular weight is 242 g/mol. The molecule has 1 aliphatic rings. The second-order valence-electron chi connectivity index (χ2n) is 1.78. The lowest BCUT2D eigenvalue weighted by molar-refractivity contribution is -0.0127. The van der Waals surface area contributed by atoms with Crippen molar-refractivity contribution in [2.24, 2.45) is 0 Å². The Morgan fingerprint density at radius 1 is 1.78 bits per heavy atom. The molecule has 1 atom stereocenters. The minimum absolute atomic E-state index is 0.0758. The van der Waals surface area contributed by atoms with Gasteiger partial charge in [0.2, 0.25) is 0 Å². The van der Waals surface area contributed by atoms with Crippen LogP contribution >= 0.6 is 22.6 Å². The van der Waals surface area contributed by atoms with Crippen LogP contribution in [0.2, 0.25) is 0 Å². The van der Waals surface area contributed by atoms with Gasteiger partial charge in [0.15, 0.2) is 0 Å². The Morgan fingerprint density at radius 2 is 2.56 bits per heavy atom. The molecule has 0 radical (unpaired) electrons. The van der Waals surface area contributed by atoms with Crippen molar-refractivity contribution >= 4 is 28.7 Å². The van der Waals surface area contributed by atoms with Crippen LogP contribution in [0.3, 0.4) is 0 Å². The second-order valence-corrected chi connectivity index (χ2v) is 2.66. The van der Waals surface area contributed by atoms with Crippen LogP contribution in [-0.2, 0) is 9.47 Å². The third-order valence-electron chi connectivity index (χ3n) is 1.09. The zero-order valence-corrected chi connectivity index (χ0v) is 6.96. The van der Waals surface area contributed by atoms with E-state index in [0.717, 1.165) is 10.8 Å². The summed E-state index contributed by atoms with van der Waals surface area (Å²) in [5.41, 5.74) is 0. The summed E-state index contributed by atoms with van der Waals surface area (Å²) in [5.74, 6) is 0. The van der Waals surface area contributed by atoms with Crippen LogP contribution in [0.1, 0.15) is 6.42 Å². The van der Waals surface area contributed by atoms with E-state index in [9.17, 15) is 4.79 Å². The van der Waals surface area contributed by atoms with Gasteiger partial charge >= 0.3 is 6.16 Å². The molecule has 0 spiro atoms. The molecule has 52 valence electrons. The molecule has 1 fully saturated rings. The molecule has 1 unspecified atom stereocenters. The number of halogens is 1. The topological polar surface area (TPSA) is 35.5 Å². The van der Waals surface area contributed by atoms with Crippen molar-refractivity contribution in [1.29, 1.82) is 0 Å². The SMILES string of the molecule is O=C1OCCC(CI)O1. The molecule has 9 heavy (non-hydrogen) atoms. The molecule has 1 saturated heterocycles. The molecule has 0 N–H and O–H groups in total. The Kier molecular flexibility index (Phi) is 2.56. The zero-order valence-electron chi connectivity index (χ0n) is 4.80. The van der Waals surface area contributed by atoms with E-state index in [-0.39, 0.29) is 6.10 Å². The first kappa shape index (κ1) is 7.11. The Labute approximate surface area is 66.8 Å². The normalized spacial score (nSPS) is 26.8. The largest absolute Gasteiger partial charge is 0.508 e. The number of alkyl halides is 1. The van der Waals surface area contributed by atoms with Gasteiger partial charge in [0.25, 0.3) is 0 Å². The summed E-state index contributed by atoms with van der Waals surface area (Å²) in [5, 5.41) is 0. The maximum Gasteiger partial charge on any atom is 0.508 e. The molecule has 1 aliphatic heterocycles. The Balaban J connectivity index is 2.32. The monoisotopic (exact) mass is 242 g/mol. The van der Waals surface area contributed by atoms with Gasteiger partial charge in [-0.25, -0.2) is 4.79 Å². The Hall–Kier alpha value is -0.0000000000000000555. The quantitative estimate of drug-likeness (QED) is 0.395. The summed E-state index contributed by atoms with van der Waals surface area (Å²) < 4.78 is 10.2. The van der Waals surface area contributed by atoms with Crippen LogP contribution in [0, 0.1) is 0 Å². The van der Waals surface area contributed by atoms with Crippen molar-refractivity contribution in [1.82, 2.24) is 0 Å². The molecule has 0 aliphatic carbocycles. The summed E-state index contributed by atoms with van der Waals surface area (Å²) in [6, 6.07) is 0. The summed E-state index contributed by atoms with van der Waals surface area (Å²) in [6.45, 7) is 0.506. The van der Waals surface area contributed by atoms with E-state index in [2.05, 4.69) is 27.3 Å². The van der Waals surface area contributed by atoms with Crippen LogP contribution in [0.5, 0.6) is 0 Å². The summed E-state index contributed by atoms with van der Waals surface area (Å²) in [7, 11) is 0. The van der Waals surface area contributed by atoms with Crippen LogP contribution < -0.4 is 0 Å². The van der Waals surface area contributed by atoms with Gasteiger partial charge in [0.05, 0.1) is 6.61 Å². The standard InChI is InChI=1S/C5H7IO3/c6-3-4-1-2-8-5(7)9-4/h4H,1-3H2. The first-order valence-electron chi connectivity index (χ1n) is 2.72. The number of carbonyl (C=O) groups is 1. The third-order valence-corrected chi connectivity index (χ3v) is 2.08. The van der Waals surface area contributed by atoms with Crippen LogP contribution in [0.15, 0.2) is 0 Å². The number of ether oxygens (including phenoxy) is 2. The second kappa shape index (κ2) is 3.24. The van der Waals surface area contributed by atoms with Gasteiger partial charge in [0, 0.05) is 10.8 Å². The molecule has 0 aromatic carbocycles. The highest BCUT2D eigenvalue weighted by atomic mass is 127. The van der Waals surface area contributed by atoms with Gasteiger partial charge in [-0.2, -0.15) is 0 Å². The third kappa shape index (κ3) is 2.00. The Bertz CT molecular complexity index is 115. The lowest BCUT2D eigenvalue weighted by atomic mass is 10.3. The van der Waals surface area contributed by atoms with Crippen molar-refractivity contribution in [3.63, 3.8) is 0 Å². The summed E-state index contributed by atoms with van der Waals surface area (Å²) in [4.78, 5) is 10.4. The van der Waals surface area contributed by atoms with E-state index >= 15 is 0 Å². The molecule has 0 bridgehead atoms. The van der Waals surface area contributed by atoms with E-state index in [1.54, 1.807) is 0 Å². The smallest absolute Gasteiger partial charge is 0.434 e. The van der Waals surface area contributed by atoms with E-state index in [0.29, 0.717) is 6.61 Å². The van der Waals surface area contributed by atoms with Crippen molar-refractivity contribution in [2.45, 2.75) is 12.5 Å². The average Bonchev–Trinajstić information content (AvgIpc) is 1.88. The first-order valence-corrected chi connectivity index (χ1v) is 4.25. The minimum Gasteiger partial charge on any atom is -0.434 e. The maximum absolute atomic E-state index is 10.4. The number of rotatable bonds is 1. The van der Waals surface area contributed by atoms with Crippen molar-refractivity contribution in [3.8, 4) is 0 Å². The molecule has 1 rings (SSSR count). The first-order chi connectivity index (χ1) is 4.33. The molecule has 0 aromatic heterocycles. The fourth-order valence-electron chi connectivity index (χ4n) is 0.611. The molecule has 0 saturated carbocycles.